The van der Waals surface area contributed by atoms with E-state index in [0.717, 1.165) is 4.57 Å². The highest BCUT2D eigenvalue weighted by Crippen LogP contribution is 2.24. The number of aliphatic hydroxyl groups excluding tert-OH is 1. The Morgan fingerprint density at radius 2 is 2.28 bits per heavy atom. The Bertz CT molecular complexity index is 608. The molecule has 1 aromatic rings. The summed E-state index contributed by atoms with van der Waals surface area (Å²) in [6, 6.07) is 0. The summed E-state index contributed by atoms with van der Waals surface area (Å²) in [5.74, 6) is -2.92. The molecule has 1 rings (SSSR count). The highest BCUT2D eigenvalue weighted by atomic mass is 16.8. The van der Waals surface area contributed by atoms with Crippen LogP contribution in [0, 0.1) is 16.0 Å². The Balaban J connectivity index is 2.85. The fourth-order valence-corrected chi connectivity index (χ4v) is 2.15. The van der Waals surface area contributed by atoms with Crippen molar-refractivity contribution in [3.05, 3.63) is 22.5 Å². The van der Waals surface area contributed by atoms with Crippen LogP contribution in [-0.4, -0.2) is 49.3 Å². The van der Waals surface area contributed by atoms with Crippen molar-refractivity contribution in [1.29, 1.82) is 0 Å². The van der Waals surface area contributed by atoms with Crippen molar-refractivity contribution in [3.8, 4) is 0 Å². The van der Waals surface area contributed by atoms with Crippen molar-refractivity contribution in [3.63, 3.8) is 0 Å². The summed E-state index contributed by atoms with van der Waals surface area (Å²) in [6.07, 6.45) is -0.152. The smallest absolute Gasteiger partial charge is 0.411 e. The minimum Gasteiger partial charge on any atom is -0.411 e. The molecule has 25 heavy (non-hydrogen) atoms. The molecule has 1 aromatic heterocycles. The number of hydrogen-bond donors (Lipinski definition) is 4. The summed E-state index contributed by atoms with van der Waals surface area (Å²) < 4.78 is 11.8. The van der Waals surface area contributed by atoms with Crippen molar-refractivity contribution in [2.75, 3.05) is 6.61 Å². The Morgan fingerprint density at radius 3 is 2.80 bits per heavy atom. The lowest BCUT2D eigenvalue weighted by Gasteiger charge is -2.36. The summed E-state index contributed by atoms with van der Waals surface area (Å²) in [7, 11) is 0. The van der Waals surface area contributed by atoms with Gasteiger partial charge in [-0.05, 0) is 18.8 Å². The highest BCUT2D eigenvalue weighted by molar-refractivity contribution is 5.84. The monoisotopic (exact) mass is 360 g/mol. The van der Waals surface area contributed by atoms with E-state index in [9.17, 15) is 15.2 Å². The van der Waals surface area contributed by atoms with Crippen LogP contribution in [0.2, 0.25) is 0 Å². The summed E-state index contributed by atoms with van der Waals surface area (Å²) in [6.45, 7) is 4.96. The van der Waals surface area contributed by atoms with E-state index in [-0.39, 0.29) is 18.7 Å². The number of ether oxygens (including phenoxy) is 2. The van der Waals surface area contributed by atoms with E-state index in [1.807, 2.05) is 0 Å². The molecule has 0 amide bonds. The first kappa shape index (κ1) is 20.9. The van der Waals surface area contributed by atoms with Crippen LogP contribution < -0.4 is 11.5 Å². The largest absolute Gasteiger partial charge is 0.435 e. The number of aliphatic hydroxyl groups is 1. The Labute approximate surface area is 144 Å². The van der Waals surface area contributed by atoms with Crippen molar-refractivity contribution >= 4 is 11.7 Å². The lowest BCUT2D eigenvalue weighted by Crippen LogP contribution is -2.55. The molecule has 1 heterocycles. The standard InChI is InChI=1S/C13H24N6O6/c1-4-24-13(15,8(2)9(3)17-21)25-11(20)7-10(14)18-6-5-16-12(18)19(22)23/h5-6,8,10-11,20-21H,4,7,14-15H2,1-3H3. The fraction of sp³-hybridized carbons (Fsp3) is 0.692. The topological polar surface area (TPSA) is 184 Å². The fourth-order valence-electron chi connectivity index (χ4n) is 2.15. The quantitative estimate of drug-likeness (QED) is 0.148. The molecule has 0 fully saturated rings. The van der Waals surface area contributed by atoms with Gasteiger partial charge in [0.15, 0.2) is 6.29 Å². The van der Waals surface area contributed by atoms with Gasteiger partial charge in [0, 0.05) is 13.0 Å². The van der Waals surface area contributed by atoms with E-state index in [0.29, 0.717) is 0 Å². The van der Waals surface area contributed by atoms with Gasteiger partial charge in [-0.25, -0.2) is 4.57 Å². The number of rotatable bonds is 10. The van der Waals surface area contributed by atoms with Gasteiger partial charge in [-0.2, -0.15) is 0 Å². The molecule has 0 saturated heterocycles. The summed E-state index contributed by atoms with van der Waals surface area (Å²) in [4.78, 5) is 13.8. The molecular weight excluding hydrogens is 336 g/mol. The predicted octanol–water partition coefficient (Wildman–Crippen LogP) is 0.109. The average Bonchev–Trinajstić information content (AvgIpc) is 3.03. The molecule has 4 atom stereocenters. The molecule has 0 aromatic carbocycles. The van der Waals surface area contributed by atoms with Gasteiger partial charge in [-0.3, -0.25) is 11.5 Å². The summed E-state index contributed by atoms with van der Waals surface area (Å²) in [5.41, 5.74) is 12.1. The normalized spacial score (nSPS) is 18.4. The van der Waals surface area contributed by atoms with Gasteiger partial charge in [-0.15, -0.1) is 0 Å². The first-order valence-corrected chi connectivity index (χ1v) is 7.56. The molecule has 0 aliphatic carbocycles. The summed E-state index contributed by atoms with van der Waals surface area (Å²) in [5, 5.41) is 33.0. The van der Waals surface area contributed by atoms with Crippen LogP contribution in [0.4, 0.5) is 5.95 Å². The zero-order chi connectivity index (χ0) is 19.2. The highest BCUT2D eigenvalue weighted by Gasteiger charge is 2.39. The van der Waals surface area contributed by atoms with Gasteiger partial charge in [0.1, 0.15) is 18.6 Å². The molecule has 0 aliphatic heterocycles. The third-order valence-electron chi connectivity index (χ3n) is 3.69. The SMILES string of the molecule is CCOC(N)(OC(O)CC(N)n1ccnc1[N+](=O)[O-])C(C)C(C)=NO. The molecule has 4 unspecified atom stereocenters. The van der Waals surface area contributed by atoms with Crippen molar-refractivity contribution < 1.29 is 24.7 Å². The molecule has 6 N–H and O–H groups in total. The summed E-state index contributed by atoms with van der Waals surface area (Å²) >= 11 is 0. The van der Waals surface area contributed by atoms with Crippen molar-refractivity contribution in [2.45, 2.75) is 45.6 Å². The van der Waals surface area contributed by atoms with Crippen LogP contribution in [-0.2, 0) is 9.47 Å². The molecule has 0 radical (unpaired) electrons. The number of nitrogens with zero attached hydrogens (tertiary/aromatic N) is 4. The van der Waals surface area contributed by atoms with E-state index in [2.05, 4.69) is 10.1 Å². The third kappa shape index (κ3) is 5.17. The average molecular weight is 360 g/mol. The second kappa shape index (κ2) is 8.82. The zero-order valence-corrected chi connectivity index (χ0v) is 14.3. The molecule has 0 aliphatic rings. The van der Waals surface area contributed by atoms with E-state index in [1.165, 1.54) is 19.3 Å². The Morgan fingerprint density at radius 1 is 1.64 bits per heavy atom. The van der Waals surface area contributed by atoms with E-state index >= 15 is 0 Å². The van der Waals surface area contributed by atoms with Crippen molar-refractivity contribution in [2.24, 2.45) is 22.5 Å². The van der Waals surface area contributed by atoms with Crippen LogP contribution in [0.15, 0.2) is 17.5 Å². The zero-order valence-electron chi connectivity index (χ0n) is 14.3. The molecule has 12 nitrogen and oxygen atoms in total. The second-order valence-electron chi connectivity index (χ2n) is 5.38. The van der Waals surface area contributed by atoms with Gasteiger partial charge in [0.25, 0.3) is 0 Å². The number of aromatic nitrogens is 2. The number of hydrogen-bond acceptors (Lipinski definition) is 10. The van der Waals surface area contributed by atoms with E-state index in [4.69, 9.17) is 26.1 Å². The van der Waals surface area contributed by atoms with Crippen LogP contribution in [0.3, 0.4) is 0 Å². The van der Waals surface area contributed by atoms with Crippen LogP contribution in [0.25, 0.3) is 0 Å². The molecule has 142 valence electrons. The maximum absolute atomic E-state index is 10.9. The van der Waals surface area contributed by atoms with E-state index in [1.54, 1.807) is 13.8 Å². The van der Waals surface area contributed by atoms with Gasteiger partial charge in [0.05, 0.1) is 11.6 Å². The van der Waals surface area contributed by atoms with Crippen LogP contribution in [0.5, 0.6) is 0 Å². The van der Waals surface area contributed by atoms with Crippen molar-refractivity contribution in [1.82, 2.24) is 9.55 Å². The minimum absolute atomic E-state index is 0.172. The van der Waals surface area contributed by atoms with Crippen LogP contribution >= 0.6 is 0 Å². The lowest BCUT2D eigenvalue weighted by molar-refractivity contribution is -0.397. The molecule has 12 heteroatoms. The predicted molar refractivity (Wildman–Crippen MR) is 86.4 cm³/mol. The first-order valence-electron chi connectivity index (χ1n) is 7.56. The number of nitro groups is 1. The van der Waals surface area contributed by atoms with Gasteiger partial charge < -0.3 is 29.9 Å². The minimum atomic E-state index is -1.77. The molecule has 0 bridgehead atoms. The Hall–Kier alpha value is -2.12. The van der Waals surface area contributed by atoms with Gasteiger partial charge >= 0.3 is 5.95 Å². The van der Waals surface area contributed by atoms with E-state index < -0.39 is 35.2 Å². The maximum atomic E-state index is 10.9. The van der Waals surface area contributed by atoms with Crippen LogP contribution in [0.1, 0.15) is 33.4 Å². The molecule has 0 spiro atoms. The second-order valence-corrected chi connectivity index (χ2v) is 5.38. The third-order valence-corrected chi connectivity index (χ3v) is 3.69. The lowest BCUT2D eigenvalue weighted by atomic mass is 10.0. The molecular formula is C13H24N6O6. The number of nitrogens with two attached hydrogens (primary N) is 2. The van der Waals surface area contributed by atoms with Gasteiger partial charge in [0.2, 0.25) is 5.91 Å². The number of imidazole rings is 1. The first-order chi connectivity index (χ1) is 11.7. The van der Waals surface area contributed by atoms with Gasteiger partial charge in [-0.1, -0.05) is 17.1 Å². The Kier molecular flexibility index (Phi) is 7.38. The maximum Gasteiger partial charge on any atom is 0.435 e. The molecule has 0 saturated carbocycles. The number of oxime groups is 1.